The summed E-state index contributed by atoms with van der Waals surface area (Å²) in [4.78, 5) is 36.9. The van der Waals surface area contributed by atoms with E-state index in [2.05, 4.69) is 15.0 Å². The van der Waals surface area contributed by atoms with Crippen LogP contribution in [0.25, 0.3) is 11.2 Å². The van der Waals surface area contributed by atoms with Crippen LogP contribution in [0.2, 0.25) is 5.15 Å². The van der Waals surface area contributed by atoms with Crippen LogP contribution in [0.5, 0.6) is 0 Å². The average molecular weight is 515 g/mol. The van der Waals surface area contributed by atoms with Gasteiger partial charge in [0.15, 0.2) is 16.9 Å². The van der Waals surface area contributed by atoms with Gasteiger partial charge in [0.2, 0.25) is 6.23 Å². The van der Waals surface area contributed by atoms with Gasteiger partial charge in [-0.2, -0.15) is 8.78 Å². The van der Waals surface area contributed by atoms with Crippen molar-refractivity contribution in [2.45, 2.75) is 24.4 Å². The third-order valence-corrected chi connectivity index (χ3v) is 5.83. The van der Waals surface area contributed by atoms with Crippen molar-refractivity contribution in [3.05, 3.63) is 89.6 Å². The molecule has 3 atom stereocenters. The van der Waals surface area contributed by atoms with Crippen molar-refractivity contribution in [3.8, 4) is 0 Å². The number of halogens is 3. The van der Waals surface area contributed by atoms with Crippen LogP contribution in [-0.2, 0) is 14.2 Å². The zero-order chi connectivity index (χ0) is 25.3. The van der Waals surface area contributed by atoms with Crippen LogP contribution in [-0.4, -0.2) is 56.2 Å². The van der Waals surface area contributed by atoms with Gasteiger partial charge in [0.25, 0.3) is 0 Å². The SMILES string of the molecule is O=C(OC[C@@H]1O[C@H](n2cnc3c(Cl)ncnc32)C(F)(F)[C@H]1OC(=O)c1ccccc1)c1ccccc1. The van der Waals surface area contributed by atoms with Crippen LogP contribution < -0.4 is 0 Å². The van der Waals surface area contributed by atoms with Crippen molar-refractivity contribution in [1.29, 1.82) is 0 Å². The Morgan fingerprint density at radius 3 is 2.28 bits per heavy atom. The van der Waals surface area contributed by atoms with E-state index in [0.717, 1.165) is 17.2 Å². The Hall–Kier alpha value is -3.96. The lowest BCUT2D eigenvalue weighted by Crippen LogP contribution is -2.43. The van der Waals surface area contributed by atoms with E-state index in [1.54, 1.807) is 36.4 Å². The third kappa shape index (κ3) is 4.38. The number of ether oxygens (including phenoxy) is 3. The molecule has 4 aromatic rings. The Morgan fingerprint density at radius 2 is 1.61 bits per heavy atom. The second kappa shape index (κ2) is 9.59. The van der Waals surface area contributed by atoms with E-state index in [9.17, 15) is 9.59 Å². The molecule has 0 amide bonds. The Labute approximate surface area is 207 Å². The van der Waals surface area contributed by atoms with Crippen LogP contribution >= 0.6 is 11.6 Å². The number of alkyl halides is 2. The molecule has 1 saturated heterocycles. The van der Waals surface area contributed by atoms with Crippen LogP contribution in [0, 0.1) is 0 Å². The third-order valence-electron chi connectivity index (χ3n) is 5.55. The van der Waals surface area contributed by atoms with Crippen molar-refractivity contribution in [3.63, 3.8) is 0 Å². The summed E-state index contributed by atoms with van der Waals surface area (Å²) >= 11 is 6.00. The second-order valence-electron chi connectivity index (χ2n) is 7.85. The minimum atomic E-state index is -3.76. The zero-order valence-corrected chi connectivity index (χ0v) is 19.1. The molecule has 2 aromatic heterocycles. The van der Waals surface area contributed by atoms with Gasteiger partial charge in [0.1, 0.15) is 24.6 Å². The first-order valence-corrected chi connectivity index (χ1v) is 11.1. The Bertz CT molecular complexity index is 1400. The van der Waals surface area contributed by atoms with Crippen molar-refractivity contribution in [2.75, 3.05) is 6.61 Å². The number of imidazole rings is 1. The first-order chi connectivity index (χ1) is 17.4. The minimum absolute atomic E-state index is 0.00487. The molecule has 0 spiro atoms. The maximum Gasteiger partial charge on any atom is 0.338 e. The van der Waals surface area contributed by atoms with Crippen molar-refractivity contribution in [2.24, 2.45) is 0 Å². The highest BCUT2D eigenvalue weighted by Crippen LogP contribution is 2.45. The molecule has 1 fully saturated rings. The van der Waals surface area contributed by atoms with Gasteiger partial charge in [-0.15, -0.1) is 0 Å². The number of carbonyl (C=O) groups is 2. The fraction of sp³-hybridized carbons (Fsp3) is 0.208. The van der Waals surface area contributed by atoms with Crippen LogP contribution in [0.4, 0.5) is 8.78 Å². The number of aromatic nitrogens is 4. The van der Waals surface area contributed by atoms with Crippen LogP contribution in [0.1, 0.15) is 26.9 Å². The number of hydrogen-bond donors (Lipinski definition) is 0. The summed E-state index contributed by atoms with van der Waals surface area (Å²) < 4.78 is 48.6. The molecule has 3 heterocycles. The molecule has 2 aromatic carbocycles. The lowest BCUT2D eigenvalue weighted by molar-refractivity contribution is -0.140. The second-order valence-corrected chi connectivity index (χ2v) is 8.20. The smallest absolute Gasteiger partial charge is 0.338 e. The number of rotatable bonds is 6. The lowest BCUT2D eigenvalue weighted by atomic mass is 10.1. The molecule has 0 saturated carbocycles. The zero-order valence-electron chi connectivity index (χ0n) is 18.3. The van der Waals surface area contributed by atoms with Gasteiger partial charge in [0, 0.05) is 0 Å². The molecule has 9 nitrogen and oxygen atoms in total. The van der Waals surface area contributed by atoms with Crippen molar-refractivity contribution in [1.82, 2.24) is 19.5 Å². The lowest BCUT2D eigenvalue weighted by Gasteiger charge is -2.24. The summed E-state index contributed by atoms with van der Waals surface area (Å²) in [6.07, 6.45) is -3.39. The first-order valence-electron chi connectivity index (χ1n) is 10.7. The van der Waals surface area contributed by atoms with Gasteiger partial charge in [-0.05, 0) is 24.3 Å². The van der Waals surface area contributed by atoms with Crippen molar-refractivity contribution >= 4 is 34.7 Å². The number of fused-ring (bicyclic) bond motifs is 1. The monoisotopic (exact) mass is 514 g/mol. The van der Waals surface area contributed by atoms with E-state index in [0.29, 0.717) is 0 Å². The number of nitrogens with zero attached hydrogens (tertiary/aromatic N) is 4. The molecule has 0 N–H and O–H groups in total. The molecule has 0 radical (unpaired) electrons. The number of esters is 2. The van der Waals surface area contributed by atoms with Crippen LogP contribution in [0.3, 0.4) is 0 Å². The molecule has 12 heteroatoms. The molecule has 36 heavy (non-hydrogen) atoms. The molecule has 0 bridgehead atoms. The first kappa shape index (κ1) is 23.8. The van der Waals surface area contributed by atoms with Gasteiger partial charge in [0.05, 0.1) is 17.5 Å². The fourth-order valence-corrected chi connectivity index (χ4v) is 3.99. The number of hydrogen-bond acceptors (Lipinski definition) is 8. The largest absolute Gasteiger partial charge is 0.459 e. The molecule has 1 aliphatic rings. The number of carbonyl (C=O) groups excluding carboxylic acids is 2. The molecule has 184 valence electrons. The average Bonchev–Trinajstić information content (AvgIpc) is 3.42. The summed E-state index contributed by atoms with van der Waals surface area (Å²) in [5, 5.41) is -0.0274. The summed E-state index contributed by atoms with van der Waals surface area (Å²) in [6.45, 7) is -0.602. The highest BCUT2D eigenvalue weighted by molar-refractivity contribution is 6.33. The number of benzene rings is 2. The quantitative estimate of drug-likeness (QED) is 0.280. The highest BCUT2D eigenvalue weighted by atomic mass is 35.5. The topological polar surface area (TPSA) is 105 Å². The van der Waals surface area contributed by atoms with E-state index >= 15 is 8.78 Å². The van der Waals surface area contributed by atoms with E-state index in [1.165, 1.54) is 24.3 Å². The Morgan fingerprint density at radius 1 is 0.972 bits per heavy atom. The standard InChI is InChI=1S/C24H17ClF2N4O5/c25-19-17-20(29-12-28-19)31(13-30-17)23-24(26,27)18(36-22(33)15-9-5-2-6-10-15)16(35-23)11-34-21(32)14-7-3-1-4-8-14/h1-10,12-13,16,18,23H,11H2/t16-,18-,23-/m0/s1. The molecular weight excluding hydrogens is 498 g/mol. The summed E-state index contributed by atoms with van der Waals surface area (Å²) in [5.74, 6) is -5.49. The van der Waals surface area contributed by atoms with E-state index in [-0.39, 0.29) is 27.4 Å². The molecular formula is C24H17ClF2N4O5. The maximum absolute atomic E-state index is 15.8. The van der Waals surface area contributed by atoms with Gasteiger partial charge in [-0.1, -0.05) is 48.0 Å². The summed E-state index contributed by atoms with van der Waals surface area (Å²) in [5.41, 5.74) is 0.387. The predicted molar refractivity (Wildman–Crippen MR) is 122 cm³/mol. The Kier molecular flexibility index (Phi) is 6.33. The van der Waals surface area contributed by atoms with Crippen molar-refractivity contribution < 1.29 is 32.6 Å². The molecule has 0 unspecified atom stereocenters. The van der Waals surface area contributed by atoms with E-state index < -0.39 is 42.9 Å². The van der Waals surface area contributed by atoms with Gasteiger partial charge in [-0.25, -0.2) is 24.5 Å². The van der Waals surface area contributed by atoms with Gasteiger partial charge in [-0.3, -0.25) is 4.57 Å². The molecule has 0 aliphatic carbocycles. The molecule has 1 aliphatic heterocycles. The fourth-order valence-electron chi connectivity index (χ4n) is 3.82. The van der Waals surface area contributed by atoms with E-state index in [1.807, 2.05) is 0 Å². The van der Waals surface area contributed by atoms with E-state index in [4.69, 9.17) is 25.8 Å². The minimum Gasteiger partial charge on any atom is -0.459 e. The summed E-state index contributed by atoms with van der Waals surface area (Å²) in [7, 11) is 0. The highest BCUT2D eigenvalue weighted by Gasteiger charge is 2.63. The van der Waals surface area contributed by atoms with Gasteiger partial charge >= 0.3 is 17.9 Å². The maximum atomic E-state index is 15.8. The summed E-state index contributed by atoms with van der Waals surface area (Å²) in [6, 6.07) is 15.7. The Balaban J connectivity index is 1.45. The normalized spacial score (nSPS) is 20.8. The molecule has 5 rings (SSSR count). The predicted octanol–water partition coefficient (Wildman–Crippen LogP) is 4.10. The van der Waals surface area contributed by atoms with Crippen LogP contribution in [0.15, 0.2) is 73.3 Å². The van der Waals surface area contributed by atoms with Gasteiger partial charge < -0.3 is 14.2 Å².